The Kier molecular flexibility index (Phi) is 4.29. The van der Waals surface area contributed by atoms with Crippen molar-refractivity contribution in [2.45, 2.75) is 25.5 Å². The molecule has 118 valence electrons. The Labute approximate surface area is 138 Å². The molecule has 0 spiro atoms. The summed E-state index contributed by atoms with van der Waals surface area (Å²) in [5.41, 5.74) is 2.78. The number of hydrogen-bond donors (Lipinski definition) is 0. The summed E-state index contributed by atoms with van der Waals surface area (Å²) in [5.74, 6) is 0.909. The molecule has 0 bridgehead atoms. The fourth-order valence-corrected chi connectivity index (χ4v) is 3.18. The Morgan fingerprint density at radius 2 is 2.26 bits per heavy atom. The topological polar surface area (TPSA) is 65.1 Å². The minimum Gasteiger partial charge on any atom is -0.345 e. The second kappa shape index (κ2) is 6.37. The molecule has 0 amide bonds. The lowest BCUT2D eigenvalue weighted by Crippen LogP contribution is -2.06. The molecule has 0 aliphatic carbocycles. The van der Waals surface area contributed by atoms with E-state index in [-0.39, 0.29) is 5.78 Å². The van der Waals surface area contributed by atoms with Gasteiger partial charge in [0.05, 0.1) is 5.75 Å². The first-order valence-corrected chi connectivity index (χ1v) is 8.19. The molecule has 0 N–H and O–H groups in total. The molecule has 6 nitrogen and oxygen atoms in total. The summed E-state index contributed by atoms with van der Waals surface area (Å²) in [6.07, 6.45) is 5.28. The van der Waals surface area contributed by atoms with Crippen molar-refractivity contribution >= 4 is 23.3 Å². The van der Waals surface area contributed by atoms with E-state index in [1.54, 1.807) is 23.0 Å². The van der Waals surface area contributed by atoms with Crippen LogP contribution in [0.1, 0.15) is 21.7 Å². The van der Waals surface area contributed by atoms with E-state index in [1.807, 2.05) is 26.0 Å². The van der Waals surface area contributed by atoms with Crippen molar-refractivity contribution in [3.63, 3.8) is 0 Å². The number of aromatic nitrogens is 5. The molecule has 0 saturated heterocycles. The summed E-state index contributed by atoms with van der Waals surface area (Å²) in [5, 5.41) is 4.84. The number of aryl methyl sites for hydroxylation is 1. The molecule has 0 aliphatic heterocycles. The van der Waals surface area contributed by atoms with Crippen LogP contribution in [0.4, 0.5) is 0 Å². The minimum absolute atomic E-state index is 0.0743. The molecular weight excluding hydrogens is 310 g/mol. The van der Waals surface area contributed by atoms with E-state index < -0.39 is 0 Å². The van der Waals surface area contributed by atoms with Crippen LogP contribution in [0.2, 0.25) is 0 Å². The molecule has 0 unspecified atom stereocenters. The molecule has 0 aliphatic rings. The van der Waals surface area contributed by atoms with Crippen LogP contribution in [0.15, 0.2) is 42.3 Å². The smallest absolute Gasteiger partial charge is 0.253 e. The van der Waals surface area contributed by atoms with E-state index in [2.05, 4.69) is 26.2 Å². The molecule has 0 radical (unpaired) electrons. The van der Waals surface area contributed by atoms with Crippen LogP contribution in [0, 0.1) is 13.8 Å². The van der Waals surface area contributed by atoms with Crippen LogP contribution >= 0.6 is 11.8 Å². The van der Waals surface area contributed by atoms with Gasteiger partial charge in [0.1, 0.15) is 0 Å². The number of rotatable bonds is 6. The van der Waals surface area contributed by atoms with Gasteiger partial charge in [0.25, 0.3) is 5.78 Å². The second-order valence-electron chi connectivity index (χ2n) is 5.15. The van der Waals surface area contributed by atoms with Crippen LogP contribution in [-0.2, 0) is 6.54 Å². The predicted octanol–water partition coefficient (Wildman–Crippen LogP) is 2.70. The van der Waals surface area contributed by atoms with Gasteiger partial charge in [-0.15, -0.1) is 11.7 Å². The van der Waals surface area contributed by atoms with E-state index in [0.717, 1.165) is 17.0 Å². The first-order chi connectivity index (χ1) is 11.1. The molecule has 3 heterocycles. The Balaban J connectivity index is 1.74. The third-order valence-corrected chi connectivity index (χ3v) is 4.45. The van der Waals surface area contributed by atoms with Gasteiger partial charge in [0, 0.05) is 35.9 Å². The molecule has 0 fully saturated rings. The normalized spacial score (nSPS) is 11.0. The van der Waals surface area contributed by atoms with Gasteiger partial charge < -0.3 is 4.57 Å². The zero-order valence-corrected chi connectivity index (χ0v) is 13.9. The molecule has 0 saturated carbocycles. The SMILES string of the molecule is C=CCn1c(C)cc(C(=O)CSc2nc3ncccn3n2)c1C. The number of hydrogen-bond acceptors (Lipinski definition) is 5. The highest BCUT2D eigenvalue weighted by Crippen LogP contribution is 2.20. The van der Waals surface area contributed by atoms with Crippen molar-refractivity contribution in [3.8, 4) is 0 Å². The maximum atomic E-state index is 12.5. The van der Waals surface area contributed by atoms with E-state index >= 15 is 0 Å². The maximum Gasteiger partial charge on any atom is 0.253 e. The number of carbonyl (C=O) groups is 1. The zero-order valence-electron chi connectivity index (χ0n) is 13.1. The van der Waals surface area contributed by atoms with Gasteiger partial charge in [-0.2, -0.15) is 4.98 Å². The standard InChI is InChI=1S/C16H17N5OS/c1-4-7-20-11(2)9-13(12(20)3)14(22)10-23-16-18-15-17-6-5-8-21(15)19-16/h4-6,8-9H,1,7,10H2,2-3H3. The fraction of sp³-hybridized carbons (Fsp3) is 0.250. The van der Waals surface area contributed by atoms with Crippen molar-refractivity contribution in [2.75, 3.05) is 5.75 Å². The summed E-state index contributed by atoms with van der Waals surface area (Å²) in [7, 11) is 0. The summed E-state index contributed by atoms with van der Waals surface area (Å²) in [6.45, 7) is 8.42. The largest absolute Gasteiger partial charge is 0.345 e. The molecule has 23 heavy (non-hydrogen) atoms. The van der Waals surface area contributed by atoms with Gasteiger partial charge in [-0.05, 0) is 26.0 Å². The number of thioether (sulfide) groups is 1. The Bertz CT molecular complexity index is 847. The van der Waals surface area contributed by atoms with Crippen molar-refractivity contribution in [1.29, 1.82) is 0 Å². The third-order valence-electron chi connectivity index (χ3n) is 3.62. The second-order valence-corrected chi connectivity index (χ2v) is 6.10. The highest BCUT2D eigenvalue weighted by atomic mass is 32.2. The highest BCUT2D eigenvalue weighted by Gasteiger charge is 2.16. The van der Waals surface area contributed by atoms with Gasteiger partial charge >= 0.3 is 0 Å². The van der Waals surface area contributed by atoms with Gasteiger partial charge in [-0.3, -0.25) is 4.79 Å². The summed E-state index contributed by atoms with van der Waals surface area (Å²) in [6, 6.07) is 3.72. The van der Waals surface area contributed by atoms with Crippen molar-refractivity contribution in [2.24, 2.45) is 0 Å². The fourth-order valence-electron chi connectivity index (χ4n) is 2.48. The number of fused-ring (bicyclic) bond motifs is 1. The van der Waals surface area contributed by atoms with Gasteiger partial charge in [0.2, 0.25) is 5.16 Å². The lowest BCUT2D eigenvalue weighted by molar-refractivity contribution is 0.102. The van der Waals surface area contributed by atoms with Crippen molar-refractivity contribution in [3.05, 3.63) is 54.1 Å². The number of Topliss-reactive ketones (excluding diaryl/α,β-unsaturated/α-hetero) is 1. The zero-order chi connectivity index (χ0) is 16.4. The average Bonchev–Trinajstić information content (AvgIpc) is 3.08. The lowest BCUT2D eigenvalue weighted by Gasteiger charge is -2.05. The van der Waals surface area contributed by atoms with E-state index in [1.165, 1.54) is 11.8 Å². The van der Waals surface area contributed by atoms with Crippen molar-refractivity contribution in [1.82, 2.24) is 24.1 Å². The highest BCUT2D eigenvalue weighted by molar-refractivity contribution is 7.99. The van der Waals surface area contributed by atoms with Crippen LogP contribution in [0.5, 0.6) is 0 Å². The average molecular weight is 327 g/mol. The maximum absolute atomic E-state index is 12.5. The molecule has 7 heteroatoms. The first kappa shape index (κ1) is 15.5. The lowest BCUT2D eigenvalue weighted by atomic mass is 10.2. The minimum atomic E-state index is 0.0743. The van der Waals surface area contributed by atoms with Crippen LogP contribution in [0.3, 0.4) is 0 Å². The predicted molar refractivity (Wildman–Crippen MR) is 89.9 cm³/mol. The Hall–Kier alpha value is -2.41. The van der Waals surface area contributed by atoms with Crippen LogP contribution in [-0.4, -0.2) is 35.7 Å². The number of carbonyl (C=O) groups excluding carboxylic acids is 1. The van der Waals surface area contributed by atoms with Crippen molar-refractivity contribution < 1.29 is 4.79 Å². The van der Waals surface area contributed by atoms with E-state index in [9.17, 15) is 4.79 Å². The first-order valence-electron chi connectivity index (χ1n) is 7.21. The van der Waals surface area contributed by atoms with Gasteiger partial charge in [-0.25, -0.2) is 9.50 Å². The summed E-state index contributed by atoms with van der Waals surface area (Å²) < 4.78 is 3.68. The monoisotopic (exact) mass is 327 g/mol. The van der Waals surface area contributed by atoms with Gasteiger partial charge in [-0.1, -0.05) is 17.8 Å². The van der Waals surface area contributed by atoms with Gasteiger partial charge in [0.15, 0.2) is 5.78 Å². The van der Waals surface area contributed by atoms with Crippen LogP contribution in [0.25, 0.3) is 5.78 Å². The molecule has 3 aromatic rings. The molecule has 3 rings (SSSR count). The van der Waals surface area contributed by atoms with Crippen LogP contribution < -0.4 is 0 Å². The van der Waals surface area contributed by atoms with E-state index in [0.29, 0.717) is 23.2 Å². The third kappa shape index (κ3) is 3.05. The number of nitrogens with zero attached hydrogens (tertiary/aromatic N) is 5. The number of allylic oxidation sites excluding steroid dienone is 1. The summed E-state index contributed by atoms with van der Waals surface area (Å²) in [4.78, 5) is 20.9. The Morgan fingerprint density at radius 1 is 1.43 bits per heavy atom. The van der Waals surface area contributed by atoms with E-state index in [4.69, 9.17) is 0 Å². The number of ketones is 1. The molecular formula is C16H17N5OS. The summed E-state index contributed by atoms with van der Waals surface area (Å²) >= 11 is 1.32. The quantitative estimate of drug-likeness (QED) is 0.396. The molecule has 0 atom stereocenters. The Morgan fingerprint density at radius 3 is 3.00 bits per heavy atom. The molecule has 3 aromatic heterocycles. The molecule has 0 aromatic carbocycles.